The molecule has 2 fully saturated rings. The predicted molar refractivity (Wildman–Crippen MR) is 133 cm³/mol. The van der Waals surface area contributed by atoms with E-state index >= 15 is 0 Å². The van der Waals surface area contributed by atoms with E-state index in [2.05, 4.69) is 9.12 Å². The number of fused-ring (bicyclic) bond motifs is 1. The zero-order chi connectivity index (χ0) is 26.1. The molecule has 2 aliphatic heterocycles. The van der Waals surface area contributed by atoms with Gasteiger partial charge in [-0.05, 0) is 31.9 Å². The Morgan fingerprint density at radius 3 is 2.17 bits per heavy atom. The second-order valence-electron chi connectivity index (χ2n) is 8.64. The number of rotatable bonds is 7. The maximum absolute atomic E-state index is 13.5. The van der Waals surface area contributed by atoms with Crippen LogP contribution in [0.2, 0.25) is 0 Å². The van der Waals surface area contributed by atoms with Crippen molar-refractivity contribution < 1.29 is 32.3 Å². The highest BCUT2D eigenvalue weighted by Gasteiger charge is 2.71. The van der Waals surface area contributed by atoms with Gasteiger partial charge in [0.1, 0.15) is 4.75 Å². The number of nitrogens with zero attached hydrogens (tertiary/aromatic N) is 2. The first kappa shape index (κ1) is 25.7. The number of hydrogen-bond acceptors (Lipinski definition) is 9. The lowest BCUT2D eigenvalue weighted by Gasteiger charge is -2.37. The molecule has 2 atom stereocenters. The standard InChI is InChI=1S/C24H25N3O7S2/c1-4-33-23(30)26-35-25-17-20(28)27-19(24(2,3)36(31,32)21(17)27)22(29)34-18(15-11-7-5-8-12-15)16-13-9-6-10-14-16/h5-14,18-19,21H,4H2,1-3H3,(H,26,30)/b25-17+/t19-,21+/m0/s1. The van der Waals surface area contributed by atoms with Gasteiger partial charge in [0.25, 0.3) is 5.91 Å². The van der Waals surface area contributed by atoms with E-state index in [1.54, 1.807) is 31.2 Å². The van der Waals surface area contributed by atoms with Gasteiger partial charge in [0.15, 0.2) is 33.1 Å². The van der Waals surface area contributed by atoms with Crippen molar-refractivity contribution in [3.05, 3.63) is 71.8 Å². The summed E-state index contributed by atoms with van der Waals surface area (Å²) in [4.78, 5) is 38.9. The van der Waals surface area contributed by atoms with E-state index in [1.165, 1.54) is 13.8 Å². The topological polar surface area (TPSA) is 131 Å². The number of ether oxygens (including phenoxy) is 2. The summed E-state index contributed by atoms with van der Waals surface area (Å²) in [6.45, 7) is 4.54. The summed E-state index contributed by atoms with van der Waals surface area (Å²) in [5.74, 6) is -1.56. The van der Waals surface area contributed by atoms with Crippen molar-refractivity contribution in [2.75, 3.05) is 6.61 Å². The van der Waals surface area contributed by atoms with Crippen molar-refractivity contribution in [3.8, 4) is 0 Å². The molecule has 2 aromatic rings. The van der Waals surface area contributed by atoms with Gasteiger partial charge < -0.3 is 9.47 Å². The fourth-order valence-corrected chi connectivity index (χ4v) is 6.84. The molecule has 2 aromatic carbocycles. The molecule has 12 heteroatoms. The molecule has 0 unspecified atom stereocenters. The predicted octanol–water partition coefficient (Wildman–Crippen LogP) is 2.81. The number of sulfone groups is 1. The number of β-lactam (4-membered cyclic amide) rings is 1. The number of esters is 1. The number of carbonyl (C=O) groups is 3. The molecule has 36 heavy (non-hydrogen) atoms. The molecule has 2 amide bonds. The zero-order valence-electron chi connectivity index (χ0n) is 19.8. The Morgan fingerprint density at radius 2 is 1.64 bits per heavy atom. The Kier molecular flexibility index (Phi) is 7.10. The first-order valence-corrected chi connectivity index (χ1v) is 13.5. The van der Waals surface area contributed by atoms with Crippen LogP contribution in [0, 0.1) is 0 Å². The molecule has 0 bridgehead atoms. The lowest BCUT2D eigenvalue weighted by atomic mass is 9.96. The summed E-state index contributed by atoms with van der Waals surface area (Å²) < 4.78 is 41.8. The van der Waals surface area contributed by atoms with Gasteiger partial charge in [-0.25, -0.2) is 22.7 Å². The molecule has 190 valence electrons. The van der Waals surface area contributed by atoms with Crippen LogP contribution in [-0.2, 0) is 28.9 Å². The molecule has 0 radical (unpaired) electrons. The third kappa shape index (κ3) is 4.35. The molecule has 0 spiro atoms. The van der Waals surface area contributed by atoms with Crippen molar-refractivity contribution in [2.45, 2.75) is 43.0 Å². The summed E-state index contributed by atoms with van der Waals surface area (Å²) in [5.41, 5.74) is 1.12. The Labute approximate surface area is 213 Å². The number of benzene rings is 2. The minimum Gasteiger partial charge on any atom is -0.451 e. The fraction of sp³-hybridized carbons (Fsp3) is 0.333. The van der Waals surface area contributed by atoms with Crippen LogP contribution in [-0.4, -0.2) is 59.8 Å². The van der Waals surface area contributed by atoms with E-state index in [9.17, 15) is 22.8 Å². The maximum atomic E-state index is 13.5. The second-order valence-corrected chi connectivity index (χ2v) is 11.8. The van der Waals surface area contributed by atoms with Crippen LogP contribution in [0.1, 0.15) is 38.0 Å². The van der Waals surface area contributed by atoms with Crippen LogP contribution < -0.4 is 4.72 Å². The summed E-state index contributed by atoms with van der Waals surface area (Å²) in [6, 6.07) is 16.7. The summed E-state index contributed by atoms with van der Waals surface area (Å²) in [5, 5.41) is -1.42. The van der Waals surface area contributed by atoms with Crippen LogP contribution in [0.15, 0.2) is 65.1 Å². The highest BCUT2D eigenvalue weighted by Crippen LogP contribution is 2.46. The van der Waals surface area contributed by atoms with E-state index in [0.717, 1.165) is 4.90 Å². The van der Waals surface area contributed by atoms with E-state index in [0.29, 0.717) is 23.3 Å². The highest BCUT2D eigenvalue weighted by atomic mass is 32.2. The van der Waals surface area contributed by atoms with Crippen molar-refractivity contribution in [1.29, 1.82) is 0 Å². The average molecular weight is 532 g/mol. The molecule has 2 aliphatic rings. The Bertz CT molecular complexity index is 1260. The van der Waals surface area contributed by atoms with Gasteiger partial charge in [-0.15, -0.1) is 0 Å². The summed E-state index contributed by atoms with van der Waals surface area (Å²) >= 11 is 0.489. The largest absolute Gasteiger partial charge is 0.451 e. The van der Waals surface area contributed by atoms with E-state index in [-0.39, 0.29) is 12.3 Å². The first-order valence-electron chi connectivity index (χ1n) is 11.1. The first-order chi connectivity index (χ1) is 17.1. The molecule has 4 rings (SSSR count). The van der Waals surface area contributed by atoms with Gasteiger partial charge in [-0.1, -0.05) is 60.7 Å². The zero-order valence-corrected chi connectivity index (χ0v) is 21.4. The maximum Gasteiger partial charge on any atom is 0.418 e. The van der Waals surface area contributed by atoms with Crippen molar-refractivity contribution in [3.63, 3.8) is 0 Å². The molecule has 10 nitrogen and oxygen atoms in total. The van der Waals surface area contributed by atoms with Gasteiger partial charge >= 0.3 is 12.1 Å². The minimum absolute atomic E-state index is 0.137. The molecule has 0 saturated carbocycles. The minimum atomic E-state index is -4.05. The molecular weight excluding hydrogens is 506 g/mol. The quantitative estimate of drug-likeness (QED) is 0.328. The monoisotopic (exact) mass is 531 g/mol. The summed E-state index contributed by atoms with van der Waals surface area (Å²) in [7, 11) is -4.05. The molecule has 0 aromatic heterocycles. The second kappa shape index (κ2) is 9.94. The Balaban J connectivity index is 1.61. The van der Waals surface area contributed by atoms with Gasteiger partial charge in [0.2, 0.25) is 0 Å². The van der Waals surface area contributed by atoms with Crippen LogP contribution in [0.3, 0.4) is 0 Å². The number of hydrogen-bond donors (Lipinski definition) is 1. The van der Waals surface area contributed by atoms with Crippen molar-refractivity contribution >= 4 is 45.7 Å². The van der Waals surface area contributed by atoms with Crippen LogP contribution in [0.25, 0.3) is 0 Å². The number of amides is 2. The normalized spacial score (nSPS) is 22.6. The Hall–Kier alpha value is -3.38. The molecule has 2 heterocycles. The number of nitrogens with one attached hydrogen (secondary N) is 1. The Morgan fingerprint density at radius 1 is 1.08 bits per heavy atom. The van der Waals surface area contributed by atoms with Crippen LogP contribution >= 0.6 is 12.1 Å². The third-order valence-electron chi connectivity index (χ3n) is 6.11. The van der Waals surface area contributed by atoms with E-state index in [4.69, 9.17) is 9.47 Å². The lowest BCUT2D eigenvalue weighted by molar-refractivity contribution is -0.158. The van der Waals surface area contributed by atoms with Gasteiger partial charge in [-0.3, -0.25) is 9.69 Å². The molecular formula is C24H25N3O7S2. The average Bonchev–Trinajstić information content (AvgIpc) is 3.00. The van der Waals surface area contributed by atoms with Crippen LogP contribution in [0.5, 0.6) is 0 Å². The van der Waals surface area contributed by atoms with E-state index < -0.39 is 50.1 Å². The van der Waals surface area contributed by atoms with Gasteiger partial charge in [-0.2, -0.15) is 4.40 Å². The molecule has 1 N–H and O–H groups in total. The van der Waals surface area contributed by atoms with Gasteiger partial charge in [0, 0.05) is 0 Å². The molecule has 2 saturated heterocycles. The summed E-state index contributed by atoms with van der Waals surface area (Å²) in [6.07, 6.45) is -1.58. The highest BCUT2D eigenvalue weighted by molar-refractivity contribution is 7.97. The SMILES string of the molecule is CCOC(=O)NS/N=C1\C(=O)N2[C@@H](C(=O)OC(c3ccccc3)c3ccccc3)C(C)(C)S(=O)(=O)[C@H]12. The van der Waals surface area contributed by atoms with Crippen molar-refractivity contribution in [1.82, 2.24) is 9.62 Å². The van der Waals surface area contributed by atoms with E-state index in [1.807, 2.05) is 36.4 Å². The molecule has 0 aliphatic carbocycles. The number of carbonyl (C=O) groups excluding carboxylic acids is 3. The third-order valence-corrected chi connectivity index (χ3v) is 9.39. The van der Waals surface area contributed by atoms with Crippen LogP contribution in [0.4, 0.5) is 4.79 Å². The van der Waals surface area contributed by atoms with Crippen molar-refractivity contribution in [2.24, 2.45) is 4.40 Å². The smallest absolute Gasteiger partial charge is 0.418 e. The lowest BCUT2D eigenvalue weighted by Crippen LogP contribution is -2.64. The van der Waals surface area contributed by atoms with Gasteiger partial charge in [0.05, 0.1) is 18.7 Å². The fourth-order valence-electron chi connectivity index (χ4n) is 4.25.